The Bertz CT molecular complexity index is 377. The molecule has 1 rings (SSSR count). The minimum atomic E-state index is -0.215. The fourth-order valence-electron chi connectivity index (χ4n) is 1.38. The minimum Gasteiger partial charge on any atom is -0.492 e. The Morgan fingerprint density at radius 2 is 2.18 bits per heavy atom. The largest absolute Gasteiger partial charge is 0.492 e. The van der Waals surface area contributed by atoms with Gasteiger partial charge in [-0.05, 0) is 30.5 Å². The Hall–Kier alpha value is -1.22. The lowest BCUT2D eigenvalue weighted by molar-refractivity contribution is -0.140. The van der Waals surface area contributed by atoms with Crippen molar-refractivity contribution in [3.05, 3.63) is 28.8 Å². The maximum Gasteiger partial charge on any atom is 0.305 e. The fraction of sp³-hybridized carbons (Fsp3) is 0.462. The number of ether oxygens (including phenoxy) is 2. The molecule has 0 aliphatic heterocycles. The second-order valence-electron chi connectivity index (χ2n) is 3.69. The van der Waals surface area contributed by atoms with Crippen LogP contribution in [0.3, 0.4) is 0 Å². The van der Waals surface area contributed by atoms with Gasteiger partial charge in [-0.1, -0.05) is 24.6 Å². The summed E-state index contributed by atoms with van der Waals surface area (Å²) in [5.74, 6) is 0.475. The first kappa shape index (κ1) is 13.8. The van der Waals surface area contributed by atoms with Crippen LogP contribution in [-0.2, 0) is 16.0 Å². The van der Waals surface area contributed by atoms with Gasteiger partial charge in [0.2, 0.25) is 0 Å². The van der Waals surface area contributed by atoms with Gasteiger partial charge in [0.05, 0.1) is 18.7 Å². The Balaban J connectivity index is 2.58. The molecule has 0 atom stereocenters. The van der Waals surface area contributed by atoms with Crippen molar-refractivity contribution in [3.63, 3.8) is 0 Å². The molecule has 0 saturated carbocycles. The van der Waals surface area contributed by atoms with Crippen molar-refractivity contribution < 1.29 is 14.3 Å². The molecule has 0 unspecified atom stereocenters. The number of carbonyl (C=O) groups excluding carboxylic acids is 1. The Morgan fingerprint density at radius 1 is 1.41 bits per heavy atom. The summed E-state index contributed by atoms with van der Waals surface area (Å²) in [6, 6.07) is 5.58. The van der Waals surface area contributed by atoms with E-state index >= 15 is 0 Å². The molecule has 94 valence electrons. The predicted molar refractivity (Wildman–Crippen MR) is 67.6 cm³/mol. The molecule has 3 nitrogen and oxygen atoms in total. The van der Waals surface area contributed by atoms with E-state index in [0.717, 1.165) is 12.0 Å². The molecule has 0 spiro atoms. The number of rotatable bonds is 6. The summed E-state index contributed by atoms with van der Waals surface area (Å²) in [4.78, 5) is 11.0. The summed E-state index contributed by atoms with van der Waals surface area (Å²) in [6.07, 6.45) is 1.93. The first-order valence-electron chi connectivity index (χ1n) is 5.65. The standard InChI is InChI=1S/C13H17ClO3/c1-3-8-17-12-6-4-10(9-11(12)14)5-7-13(15)16-2/h4,6,9H,3,5,7-8H2,1-2H3. The van der Waals surface area contributed by atoms with E-state index in [1.54, 1.807) is 0 Å². The van der Waals surface area contributed by atoms with E-state index in [-0.39, 0.29) is 5.97 Å². The normalized spacial score (nSPS) is 10.1. The molecule has 17 heavy (non-hydrogen) atoms. The third-order valence-corrected chi connectivity index (χ3v) is 2.60. The van der Waals surface area contributed by atoms with Gasteiger partial charge in [0.1, 0.15) is 5.75 Å². The first-order chi connectivity index (χ1) is 8.17. The molecule has 4 heteroatoms. The summed E-state index contributed by atoms with van der Waals surface area (Å²) >= 11 is 6.07. The molecule has 0 radical (unpaired) electrons. The molecule has 0 aliphatic carbocycles. The van der Waals surface area contributed by atoms with Gasteiger partial charge in [-0.2, -0.15) is 0 Å². The SMILES string of the molecule is CCCOc1ccc(CCC(=O)OC)cc1Cl. The molecule has 0 saturated heterocycles. The molecule has 0 bridgehead atoms. The van der Waals surface area contributed by atoms with Crippen LogP contribution in [0.2, 0.25) is 5.02 Å². The third kappa shape index (κ3) is 4.65. The lowest BCUT2D eigenvalue weighted by Crippen LogP contribution is -2.02. The van der Waals surface area contributed by atoms with Crippen LogP contribution in [0.1, 0.15) is 25.3 Å². The monoisotopic (exact) mass is 256 g/mol. The Kier molecular flexibility index (Phi) is 5.84. The smallest absolute Gasteiger partial charge is 0.305 e. The van der Waals surface area contributed by atoms with E-state index in [2.05, 4.69) is 4.74 Å². The van der Waals surface area contributed by atoms with Crippen molar-refractivity contribution in [2.75, 3.05) is 13.7 Å². The highest BCUT2D eigenvalue weighted by atomic mass is 35.5. The summed E-state index contributed by atoms with van der Waals surface area (Å²) < 4.78 is 10.0. The third-order valence-electron chi connectivity index (χ3n) is 2.30. The van der Waals surface area contributed by atoms with E-state index in [0.29, 0.717) is 30.2 Å². The van der Waals surface area contributed by atoms with Crippen LogP contribution in [0.5, 0.6) is 5.75 Å². The zero-order valence-electron chi connectivity index (χ0n) is 10.2. The van der Waals surface area contributed by atoms with Crippen LogP contribution >= 0.6 is 11.6 Å². The van der Waals surface area contributed by atoms with Crippen LogP contribution in [0.4, 0.5) is 0 Å². The van der Waals surface area contributed by atoms with Crippen molar-refractivity contribution in [1.29, 1.82) is 0 Å². The van der Waals surface area contributed by atoms with Crippen molar-refractivity contribution >= 4 is 17.6 Å². The Labute approximate surface area is 107 Å². The molecule has 0 aromatic heterocycles. The predicted octanol–water partition coefficient (Wildman–Crippen LogP) is 3.23. The number of hydrogen-bond acceptors (Lipinski definition) is 3. The van der Waals surface area contributed by atoms with Gasteiger partial charge >= 0.3 is 5.97 Å². The lowest BCUT2D eigenvalue weighted by Gasteiger charge is -2.08. The fourth-order valence-corrected chi connectivity index (χ4v) is 1.64. The lowest BCUT2D eigenvalue weighted by atomic mass is 10.1. The average Bonchev–Trinajstić information content (AvgIpc) is 2.34. The summed E-state index contributed by atoms with van der Waals surface area (Å²) in [6.45, 7) is 2.69. The number of methoxy groups -OCH3 is 1. The maximum absolute atomic E-state index is 11.0. The van der Waals surface area contributed by atoms with Gasteiger partial charge in [0.25, 0.3) is 0 Å². The quantitative estimate of drug-likeness (QED) is 0.733. The maximum atomic E-state index is 11.0. The van der Waals surface area contributed by atoms with Crippen LogP contribution in [0.25, 0.3) is 0 Å². The molecule has 1 aromatic rings. The minimum absolute atomic E-state index is 0.215. The highest BCUT2D eigenvalue weighted by molar-refractivity contribution is 6.32. The number of hydrogen-bond donors (Lipinski definition) is 0. The summed E-state index contributed by atoms with van der Waals surface area (Å²) in [7, 11) is 1.39. The van der Waals surface area contributed by atoms with E-state index in [9.17, 15) is 4.79 Å². The number of halogens is 1. The molecule has 0 aliphatic rings. The van der Waals surface area contributed by atoms with Gasteiger partial charge in [-0.25, -0.2) is 0 Å². The molecular weight excluding hydrogens is 240 g/mol. The molecular formula is C13H17ClO3. The second-order valence-corrected chi connectivity index (χ2v) is 4.10. The van der Waals surface area contributed by atoms with Crippen molar-refractivity contribution in [1.82, 2.24) is 0 Å². The van der Waals surface area contributed by atoms with Gasteiger partial charge in [-0.3, -0.25) is 4.79 Å². The summed E-state index contributed by atoms with van der Waals surface area (Å²) in [5, 5.41) is 0.584. The number of benzene rings is 1. The van der Waals surface area contributed by atoms with Crippen molar-refractivity contribution in [2.45, 2.75) is 26.2 Å². The second kappa shape index (κ2) is 7.17. The number of aryl methyl sites for hydroxylation is 1. The van der Waals surface area contributed by atoms with Crippen molar-refractivity contribution in [2.24, 2.45) is 0 Å². The Morgan fingerprint density at radius 3 is 2.76 bits per heavy atom. The van der Waals surface area contributed by atoms with Crippen molar-refractivity contribution in [3.8, 4) is 5.75 Å². The van der Waals surface area contributed by atoms with Crippen LogP contribution in [-0.4, -0.2) is 19.7 Å². The average molecular weight is 257 g/mol. The van der Waals surface area contributed by atoms with E-state index in [1.807, 2.05) is 25.1 Å². The zero-order chi connectivity index (χ0) is 12.7. The topological polar surface area (TPSA) is 35.5 Å². The van der Waals surface area contributed by atoms with Gasteiger partial charge in [0, 0.05) is 6.42 Å². The van der Waals surface area contributed by atoms with E-state index in [4.69, 9.17) is 16.3 Å². The van der Waals surface area contributed by atoms with E-state index < -0.39 is 0 Å². The van der Waals surface area contributed by atoms with Gasteiger partial charge < -0.3 is 9.47 Å². The van der Waals surface area contributed by atoms with Crippen LogP contribution in [0, 0.1) is 0 Å². The number of carbonyl (C=O) groups is 1. The highest BCUT2D eigenvalue weighted by Crippen LogP contribution is 2.26. The molecule has 0 amide bonds. The zero-order valence-corrected chi connectivity index (χ0v) is 10.9. The molecule has 1 aromatic carbocycles. The first-order valence-corrected chi connectivity index (χ1v) is 6.03. The van der Waals surface area contributed by atoms with Gasteiger partial charge in [-0.15, -0.1) is 0 Å². The summed E-state index contributed by atoms with van der Waals surface area (Å²) in [5.41, 5.74) is 1.00. The van der Waals surface area contributed by atoms with Crippen LogP contribution < -0.4 is 4.74 Å². The molecule has 0 fully saturated rings. The van der Waals surface area contributed by atoms with Gasteiger partial charge in [0.15, 0.2) is 0 Å². The highest BCUT2D eigenvalue weighted by Gasteiger charge is 2.05. The molecule has 0 N–H and O–H groups in total. The molecule has 0 heterocycles. The van der Waals surface area contributed by atoms with Crippen LogP contribution in [0.15, 0.2) is 18.2 Å². The van der Waals surface area contributed by atoms with E-state index in [1.165, 1.54) is 7.11 Å². The number of esters is 1.